The minimum atomic E-state index is -3.34. The monoisotopic (exact) mass is 299 g/mol. The molecule has 0 bridgehead atoms. The van der Waals surface area contributed by atoms with Crippen molar-refractivity contribution < 1.29 is 8.42 Å². The maximum atomic E-state index is 12.1. The second-order valence-electron chi connectivity index (χ2n) is 4.62. The van der Waals surface area contributed by atoms with Crippen LogP contribution >= 0.6 is 11.7 Å². The van der Waals surface area contributed by atoms with E-state index in [-0.39, 0.29) is 11.8 Å². The summed E-state index contributed by atoms with van der Waals surface area (Å²) in [6.07, 6.45) is 1.79. The number of benzene rings is 1. The lowest BCUT2D eigenvalue weighted by Crippen LogP contribution is -2.33. The van der Waals surface area contributed by atoms with Crippen molar-refractivity contribution in [1.29, 1.82) is 0 Å². The van der Waals surface area contributed by atoms with E-state index in [1.807, 2.05) is 26.0 Å². The predicted molar refractivity (Wildman–Crippen MR) is 77.5 cm³/mol. The molecule has 0 amide bonds. The van der Waals surface area contributed by atoms with E-state index in [2.05, 4.69) is 13.5 Å². The molecule has 1 aromatic carbocycles. The van der Waals surface area contributed by atoms with Crippen LogP contribution in [-0.2, 0) is 15.8 Å². The zero-order valence-electron chi connectivity index (χ0n) is 11.0. The molecular weight excluding hydrogens is 282 g/mol. The SMILES string of the molecule is CCCC(C)NS(=O)(=O)Cc1cccc2nsnc12. The molecule has 7 heteroatoms. The first-order valence-corrected chi connectivity index (χ1v) is 8.60. The molecule has 1 N–H and O–H groups in total. The van der Waals surface area contributed by atoms with Crippen LogP contribution in [0.3, 0.4) is 0 Å². The fraction of sp³-hybridized carbons (Fsp3) is 0.500. The molecule has 0 fully saturated rings. The lowest BCUT2D eigenvalue weighted by Gasteiger charge is -2.13. The summed E-state index contributed by atoms with van der Waals surface area (Å²) in [5, 5.41) is 0. The highest BCUT2D eigenvalue weighted by Crippen LogP contribution is 2.18. The van der Waals surface area contributed by atoms with Crippen LogP contribution in [0.4, 0.5) is 0 Å². The molecule has 2 rings (SSSR count). The van der Waals surface area contributed by atoms with Crippen LogP contribution in [0.15, 0.2) is 18.2 Å². The third-order valence-electron chi connectivity index (χ3n) is 2.82. The summed E-state index contributed by atoms with van der Waals surface area (Å²) < 4.78 is 35.2. The van der Waals surface area contributed by atoms with E-state index in [1.165, 1.54) is 0 Å². The van der Waals surface area contributed by atoms with Gasteiger partial charge in [-0.15, -0.1) is 0 Å². The molecule has 0 radical (unpaired) electrons. The molecule has 0 saturated heterocycles. The zero-order chi connectivity index (χ0) is 13.9. The van der Waals surface area contributed by atoms with Gasteiger partial charge in [-0.05, 0) is 25.0 Å². The zero-order valence-corrected chi connectivity index (χ0v) is 12.6. The van der Waals surface area contributed by atoms with E-state index in [4.69, 9.17) is 0 Å². The highest BCUT2D eigenvalue weighted by Gasteiger charge is 2.17. The van der Waals surface area contributed by atoms with E-state index in [9.17, 15) is 8.42 Å². The first-order chi connectivity index (χ1) is 9.02. The van der Waals surface area contributed by atoms with Crippen LogP contribution in [-0.4, -0.2) is 23.2 Å². The highest BCUT2D eigenvalue weighted by atomic mass is 32.2. The molecule has 0 aliphatic heterocycles. The Morgan fingerprint density at radius 1 is 1.37 bits per heavy atom. The van der Waals surface area contributed by atoms with Gasteiger partial charge in [0.1, 0.15) is 11.0 Å². The average molecular weight is 299 g/mol. The Balaban J connectivity index is 2.18. The smallest absolute Gasteiger partial charge is 0.212 e. The molecule has 2 aromatic rings. The van der Waals surface area contributed by atoms with Crippen molar-refractivity contribution in [2.45, 2.75) is 38.5 Å². The van der Waals surface area contributed by atoms with Gasteiger partial charge in [0.05, 0.1) is 17.5 Å². The Labute approximate surface area is 117 Å². The Hall–Kier alpha value is -1.05. The predicted octanol–water partition coefficient (Wildman–Crippen LogP) is 2.30. The van der Waals surface area contributed by atoms with Crippen LogP contribution in [0.1, 0.15) is 32.3 Å². The van der Waals surface area contributed by atoms with Gasteiger partial charge in [0.15, 0.2) is 0 Å². The number of sulfonamides is 1. The van der Waals surface area contributed by atoms with Gasteiger partial charge < -0.3 is 0 Å². The van der Waals surface area contributed by atoms with Crippen molar-refractivity contribution in [2.24, 2.45) is 0 Å². The van der Waals surface area contributed by atoms with Gasteiger partial charge in [0.2, 0.25) is 10.0 Å². The number of nitrogens with one attached hydrogen (secondary N) is 1. The molecule has 1 heterocycles. The number of aromatic nitrogens is 2. The Bertz CT molecular complexity index is 652. The summed E-state index contributed by atoms with van der Waals surface area (Å²) >= 11 is 1.10. The van der Waals surface area contributed by atoms with E-state index >= 15 is 0 Å². The minimum Gasteiger partial charge on any atom is -0.212 e. The lowest BCUT2D eigenvalue weighted by atomic mass is 10.2. The van der Waals surface area contributed by atoms with Gasteiger partial charge >= 0.3 is 0 Å². The maximum Gasteiger partial charge on any atom is 0.216 e. The van der Waals surface area contributed by atoms with E-state index in [0.717, 1.165) is 30.1 Å². The fourth-order valence-electron chi connectivity index (χ4n) is 2.02. The third kappa shape index (κ3) is 3.71. The first kappa shape index (κ1) is 14.4. The third-order valence-corrected chi connectivity index (χ3v) is 4.81. The normalized spacial score (nSPS) is 13.8. The van der Waals surface area contributed by atoms with Crippen LogP contribution in [0.5, 0.6) is 0 Å². The van der Waals surface area contributed by atoms with Crippen molar-refractivity contribution in [3.63, 3.8) is 0 Å². The Kier molecular flexibility index (Phi) is 4.49. The lowest BCUT2D eigenvalue weighted by molar-refractivity contribution is 0.543. The molecule has 0 aliphatic rings. The first-order valence-electron chi connectivity index (χ1n) is 6.22. The summed E-state index contributed by atoms with van der Waals surface area (Å²) in [5.74, 6) is -0.0518. The molecular formula is C12H17N3O2S2. The van der Waals surface area contributed by atoms with Crippen molar-refractivity contribution in [3.8, 4) is 0 Å². The van der Waals surface area contributed by atoms with Crippen molar-refractivity contribution >= 4 is 32.8 Å². The van der Waals surface area contributed by atoms with E-state index < -0.39 is 10.0 Å². The molecule has 0 aliphatic carbocycles. The number of hydrogen-bond donors (Lipinski definition) is 1. The molecule has 1 aromatic heterocycles. The number of fused-ring (bicyclic) bond motifs is 1. The van der Waals surface area contributed by atoms with Gasteiger partial charge in [-0.1, -0.05) is 25.5 Å². The topological polar surface area (TPSA) is 72.0 Å². The van der Waals surface area contributed by atoms with Crippen molar-refractivity contribution in [1.82, 2.24) is 13.5 Å². The number of hydrogen-bond acceptors (Lipinski definition) is 5. The second-order valence-corrected chi connectivity index (χ2v) is 6.90. The highest BCUT2D eigenvalue weighted by molar-refractivity contribution is 7.88. The average Bonchev–Trinajstić information content (AvgIpc) is 2.77. The summed E-state index contributed by atoms with van der Waals surface area (Å²) in [5.41, 5.74) is 2.13. The maximum absolute atomic E-state index is 12.1. The van der Waals surface area contributed by atoms with Crippen molar-refractivity contribution in [2.75, 3.05) is 0 Å². The fourth-order valence-corrected chi connectivity index (χ4v) is 4.05. The molecule has 19 heavy (non-hydrogen) atoms. The quantitative estimate of drug-likeness (QED) is 0.888. The van der Waals surface area contributed by atoms with Crippen LogP contribution in [0.25, 0.3) is 11.0 Å². The Morgan fingerprint density at radius 3 is 2.89 bits per heavy atom. The molecule has 5 nitrogen and oxygen atoms in total. The Morgan fingerprint density at radius 2 is 2.16 bits per heavy atom. The van der Waals surface area contributed by atoms with Gasteiger partial charge in [0.25, 0.3) is 0 Å². The summed E-state index contributed by atoms with van der Waals surface area (Å²) in [7, 11) is -3.34. The van der Waals surface area contributed by atoms with Gasteiger partial charge in [-0.25, -0.2) is 13.1 Å². The molecule has 0 spiro atoms. The number of rotatable bonds is 6. The molecule has 1 atom stereocenters. The second kappa shape index (κ2) is 5.94. The van der Waals surface area contributed by atoms with Gasteiger partial charge in [-0.2, -0.15) is 8.75 Å². The van der Waals surface area contributed by atoms with Crippen LogP contribution < -0.4 is 4.72 Å². The van der Waals surface area contributed by atoms with E-state index in [1.54, 1.807) is 6.07 Å². The standard InChI is InChI=1S/C12H17N3O2S2/c1-3-5-9(2)15-19(16,17)8-10-6-4-7-11-12(10)14-18-13-11/h4,6-7,9,15H,3,5,8H2,1-2H3. The number of nitrogens with zero attached hydrogens (tertiary/aromatic N) is 2. The van der Waals surface area contributed by atoms with Gasteiger partial charge in [-0.3, -0.25) is 0 Å². The largest absolute Gasteiger partial charge is 0.216 e. The van der Waals surface area contributed by atoms with Crippen LogP contribution in [0.2, 0.25) is 0 Å². The van der Waals surface area contributed by atoms with Gasteiger partial charge in [0, 0.05) is 6.04 Å². The van der Waals surface area contributed by atoms with Crippen LogP contribution in [0, 0.1) is 0 Å². The summed E-state index contributed by atoms with van der Waals surface area (Å²) in [6, 6.07) is 5.39. The van der Waals surface area contributed by atoms with Crippen molar-refractivity contribution in [3.05, 3.63) is 23.8 Å². The molecule has 1 unspecified atom stereocenters. The summed E-state index contributed by atoms with van der Waals surface area (Å²) in [6.45, 7) is 3.92. The summed E-state index contributed by atoms with van der Waals surface area (Å²) in [4.78, 5) is 0. The minimum absolute atomic E-state index is 0.0391. The van der Waals surface area contributed by atoms with E-state index in [0.29, 0.717) is 11.1 Å². The molecule has 104 valence electrons. The molecule has 0 saturated carbocycles.